The van der Waals surface area contributed by atoms with E-state index < -0.39 is 11.9 Å². The minimum atomic E-state index is -1.03. The number of fused-ring (bicyclic) bond motifs is 12. The summed E-state index contributed by atoms with van der Waals surface area (Å²) in [7, 11) is 0. The molecule has 0 aliphatic rings. The van der Waals surface area contributed by atoms with Crippen LogP contribution in [-0.2, 0) is 0 Å². The van der Waals surface area contributed by atoms with Gasteiger partial charge in [-0.25, -0.2) is 9.59 Å². The Kier molecular flexibility index (Phi) is 3.59. The van der Waals surface area contributed by atoms with Crippen LogP contribution in [0.25, 0.3) is 65.4 Å². The molecule has 0 fully saturated rings. The first-order valence-electron chi connectivity index (χ1n) is 10.8. The molecule has 0 unspecified atom stereocenters. The van der Waals surface area contributed by atoms with Gasteiger partial charge in [-0.15, -0.1) is 0 Å². The molecule has 4 aromatic carbocycles. The smallest absolute Gasteiger partial charge is 0.335 e. The Morgan fingerprint density at radius 2 is 1.06 bits per heavy atom. The van der Waals surface area contributed by atoms with E-state index in [1.54, 1.807) is 42.5 Å². The third-order valence-corrected chi connectivity index (χ3v) is 6.80. The van der Waals surface area contributed by atoms with Gasteiger partial charge in [-0.2, -0.15) is 0 Å². The predicted octanol–water partition coefficient (Wildman–Crippen LogP) is 5.80. The van der Waals surface area contributed by atoms with Crippen LogP contribution in [-0.4, -0.2) is 43.4 Å². The number of aldehydes is 1. The SMILES string of the molecule is O=Cc1ccc2[nH]c3c4[nH]c5ccc(C(=O)O)cc5c4c4c5cc(C(=O)O)ccc5[nH]c4c3c2c1. The van der Waals surface area contributed by atoms with Crippen LogP contribution in [0.1, 0.15) is 31.1 Å². The molecule has 5 N–H and O–H groups in total. The highest BCUT2D eigenvalue weighted by Crippen LogP contribution is 2.44. The summed E-state index contributed by atoms with van der Waals surface area (Å²) in [6, 6.07) is 15.3. The number of rotatable bonds is 3. The first-order valence-corrected chi connectivity index (χ1v) is 10.8. The van der Waals surface area contributed by atoms with E-state index >= 15 is 0 Å². The average Bonchev–Trinajstić information content (AvgIpc) is 3.53. The molecular weight excluding hydrogens is 446 g/mol. The van der Waals surface area contributed by atoms with Crippen LogP contribution in [0.5, 0.6) is 0 Å². The normalized spacial score (nSPS) is 12.0. The standard InChI is InChI=1S/C27H15N3O5/c31-10-11-1-4-17-14(7-11)22-23-20(15-8-12(26(32)33)2-5-18(15)28-23)21-16-9-13(27(34)35)3-6-19(16)29-24(21)25(22)30-17/h1-10,28-30H,(H,32,33)(H,34,35). The highest BCUT2D eigenvalue weighted by molar-refractivity contribution is 6.39. The van der Waals surface area contributed by atoms with Crippen molar-refractivity contribution in [3.8, 4) is 0 Å². The number of carboxylic acids is 2. The summed E-state index contributed by atoms with van der Waals surface area (Å²) < 4.78 is 0. The number of aromatic amines is 3. The van der Waals surface area contributed by atoms with Crippen molar-refractivity contribution in [2.45, 2.75) is 0 Å². The number of carbonyl (C=O) groups excluding carboxylic acids is 1. The molecule has 168 valence electrons. The number of hydrogen-bond donors (Lipinski definition) is 5. The lowest BCUT2D eigenvalue weighted by atomic mass is 9.99. The van der Waals surface area contributed by atoms with Gasteiger partial charge in [0.15, 0.2) is 0 Å². The van der Waals surface area contributed by atoms with E-state index in [0.717, 1.165) is 66.3 Å². The van der Waals surface area contributed by atoms with Gasteiger partial charge in [-0.3, -0.25) is 4.79 Å². The molecule has 0 amide bonds. The second-order valence-corrected chi connectivity index (χ2v) is 8.68. The number of aromatic nitrogens is 3. The molecule has 0 radical (unpaired) electrons. The van der Waals surface area contributed by atoms with Gasteiger partial charge in [-0.05, 0) is 54.6 Å². The van der Waals surface area contributed by atoms with Crippen LogP contribution in [0.4, 0.5) is 0 Å². The van der Waals surface area contributed by atoms with E-state index in [-0.39, 0.29) is 11.1 Å². The van der Waals surface area contributed by atoms with E-state index in [4.69, 9.17) is 0 Å². The maximum atomic E-state index is 11.7. The van der Waals surface area contributed by atoms with Gasteiger partial charge < -0.3 is 25.2 Å². The first kappa shape index (κ1) is 19.4. The van der Waals surface area contributed by atoms with E-state index in [2.05, 4.69) is 15.0 Å². The quantitative estimate of drug-likeness (QED) is 0.212. The molecule has 7 rings (SSSR count). The minimum absolute atomic E-state index is 0.153. The first-order chi connectivity index (χ1) is 16.9. The molecule has 35 heavy (non-hydrogen) atoms. The fourth-order valence-corrected chi connectivity index (χ4v) is 5.27. The van der Waals surface area contributed by atoms with Gasteiger partial charge in [-0.1, -0.05) is 0 Å². The van der Waals surface area contributed by atoms with E-state index in [1.807, 2.05) is 12.1 Å². The number of carbonyl (C=O) groups is 3. The second-order valence-electron chi connectivity index (χ2n) is 8.68. The molecule has 0 atom stereocenters. The summed E-state index contributed by atoms with van der Waals surface area (Å²) in [6.07, 6.45) is 0.800. The number of nitrogens with one attached hydrogen (secondary N) is 3. The summed E-state index contributed by atoms with van der Waals surface area (Å²) in [5, 5.41) is 24.0. The molecular formula is C27H15N3O5. The maximum absolute atomic E-state index is 11.7. The van der Waals surface area contributed by atoms with Gasteiger partial charge in [0.1, 0.15) is 6.29 Å². The molecule has 0 aliphatic carbocycles. The van der Waals surface area contributed by atoms with Gasteiger partial charge in [0.25, 0.3) is 0 Å². The number of H-pyrrole nitrogens is 3. The van der Waals surface area contributed by atoms with Crippen molar-refractivity contribution >= 4 is 83.6 Å². The lowest BCUT2D eigenvalue weighted by Gasteiger charge is -2.02. The Bertz CT molecular complexity index is 2090. The van der Waals surface area contributed by atoms with Crippen LogP contribution >= 0.6 is 0 Å². The fraction of sp³-hybridized carbons (Fsp3) is 0. The van der Waals surface area contributed by atoms with Crippen molar-refractivity contribution in [2.24, 2.45) is 0 Å². The zero-order valence-electron chi connectivity index (χ0n) is 17.9. The van der Waals surface area contributed by atoms with Gasteiger partial charge in [0, 0.05) is 54.4 Å². The van der Waals surface area contributed by atoms with Crippen LogP contribution < -0.4 is 0 Å². The van der Waals surface area contributed by atoms with Crippen molar-refractivity contribution in [3.63, 3.8) is 0 Å². The molecule has 8 heteroatoms. The van der Waals surface area contributed by atoms with Crippen molar-refractivity contribution in [2.75, 3.05) is 0 Å². The van der Waals surface area contributed by atoms with Crippen LogP contribution in [0.2, 0.25) is 0 Å². The molecule has 3 heterocycles. The molecule has 0 aliphatic heterocycles. The summed E-state index contributed by atoms with van der Waals surface area (Å²) in [5.74, 6) is -2.06. The van der Waals surface area contributed by atoms with Crippen molar-refractivity contribution in [1.82, 2.24) is 15.0 Å². The lowest BCUT2D eigenvalue weighted by Crippen LogP contribution is -1.95. The third-order valence-electron chi connectivity index (χ3n) is 6.80. The predicted molar refractivity (Wildman–Crippen MR) is 134 cm³/mol. The van der Waals surface area contributed by atoms with Crippen LogP contribution in [0, 0.1) is 0 Å². The zero-order chi connectivity index (χ0) is 24.0. The Morgan fingerprint density at radius 3 is 1.60 bits per heavy atom. The van der Waals surface area contributed by atoms with Crippen LogP contribution in [0.15, 0.2) is 54.6 Å². The van der Waals surface area contributed by atoms with E-state index in [0.29, 0.717) is 10.9 Å². The molecule has 0 spiro atoms. The molecule has 0 saturated heterocycles. The molecule has 7 aromatic rings. The zero-order valence-corrected chi connectivity index (χ0v) is 17.9. The summed E-state index contributed by atoms with van der Waals surface area (Å²) in [5.41, 5.74) is 5.57. The molecule has 3 aromatic heterocycles. The second kappa shape index (κ2) is 6.48. The number of benzene rings is 4. The topological polar surface area (TPSA) is 139 Å². The maximum Gasteiger partial charge on any atom is 0.335 e. The molecule has 0 bridgehead atoms. The van der Waals surface area contributed by atoms with Gasteiger partial charge >= 0.3 is 11.9 Å². The summed E-state index contributed by atoms with van der Waals surface area (Å²) in [6.45, 7) is 0. The number of carboxylic acid groups (broad SMARTS) is 2. The average molecular weight is 461 g/mol. The number of aromatic carboxylic acids is 2. The highest BCUT2D eigenvalue weighted by Gasteiger charge is 2.22. The van der Waals surface area contributed by atoms with Crippen molar-refractivity contribution < 1.29 is 24.6 Å². The van der Waals surface area contributed by atoms with Crippen LogP contribution in [0.3, 0.4) is 0 Å². The number of hydrogen-bond acceptors (Lipinski definition) is 3. The Balaban J connectivity index is 1.82. The van der Waals surface area contributed by atoms with Crippen molar-refractivity contribution in [1.29, 1.82) is 0 Å². The monoisotopic (exact) mass is 461 g/mol. The Morgan fingerprint density at radius 1 is 0.600 bits per heavy atom. The fourth-order valence-electron chi connectivity index (χ4n) is 5.27. The Labute approximate surface area is 194 Å². The van der Waals surface area contributed by atoms with Crippen molar-refractivity contribution in [3.05, 3.63) is 71.3 Å². The van der Waals surface area contributed by atoms with E-state index in [1.165, 1.54) is 0 Å². The molecule has 8 nitrogen and oxygen atoms in total. The summed E-state index contributed by atoms with van der Waals surface area (Å²) >= 11 is 0. The Hall–Kier alpha value is -5.11. The molecule has 0 saturated carbocycles. The highest BCUT2D eigenvalue weighted by atomic mass is 16.4. The third kappa shape index (κ3) is 2.47. The van der Waals surface area contributed by atoms with E-state index in [9.17, 15) is 24.6 Å². The lowest BCUT2D eigenvalue weighted by molar-refractivity contribution is 0.0686. The largest absolute Gasteiger partial charge is 0.478 e. The minimum Gasteiger partial charge on any atom is -0.478 e. The summed E-state index contributed by atoms with van der Waals surface area (Å²) in [4.78, 5) is 45.3. The van der Waals surface area contributed by atoms with Gasteiger partial charge in [0.05, 0.1) is 27.7 Å². The van der Waals surface area contributed by atoms with Gasteiger partial charge in [0.2, 0.25) is 0 Å².